The number of H-pyrrole nitrogens is 1. The molecule has 3 N–H and O–H groups in total. The second kappa shape index (κ2) is 9.78. The van der Waals surface area contributed by atoms with Crippen molar-refractivity contribution in [1.82, 2.24) is 4.98 Å². The molecule has 0 bridgehead atoms. The molecule has 1 aliphatic heterocycles. The second-order valence-corrected chi connectivity index (χ2v) is 9.09. The van der Waals surface area contributed by atoms with Gasteiger partial charge in [0.2, 0.25) is 0 Å². The van der Waals surface area contributed by atoms with Crippen molar-refractivity contribution < 1.29 is 18.8 Å². The third-order valence-corrected chi connectivity index (χ3v) is 6.67. The van der Waals surface area contributed by atoms with Gasteiger partial charge in [0.05, 0.1) is 18.4 Å². The first-order valence-electron chi connectivity index (χ1n) is 12.4. The highest BCUT2D eigenvalue weighted by molar-refractivity contribution is 6.05. The third-order valence-electron chi connectivity index (χ3n) is 6.67. The number of amides is 1. The molecule has 0 radical (unpaired) electrons. The quantitative estimate of drug-likeness (QED) is 0.242. The van der Waals surface area contributed by atoms with Crippen molar-refractivity contribution in [3.8, 4) is 17.2 Å². The number of hydrogen-bond acceptors (Lipinski definition) is 4. The first-order valence-corrected chi connectivity index (χ1v) is 12.4. The zero-order valence-electron chi connectivity index (χ0n) is 21.1. The number of anilines is 2. The maximum Gasteiger partial charge on any atom is 0.361 e. The lowest BCUT2D eigenvalue weighted by atomic mass is 9.94. The van der Waals surface area contributed by atoms with Crippen LogP contribution in [-0.2, 0) is 4.79 Å². The molecule has 0 fully saturated rings. The van der Waals surface area contributed by atoms with Gasteiger partial charge in [0.15, 0.2) is 0 Å². The van der Waals surface area contributed by atoms with Crippen LogP contribution in [0, 0.1) is 0 Å². The first kappa shape index (κ1) is 23.4. The minimum atomic E-state index is -0.353. The Morgan fingerprint density at radius 2 is 1.47 bits per heavy atom. The van der Waals surface area contributed by atoms with E-state index >= 15 is 0 Å². The van der Waals surface area contributed by atoms with Gasteiger partial charge in [-0.2, -0.15) is 0 Å². The van der Waals surface area contributed by atoms with Crippen LogP contribution in [-0.4, -0.2) is 18.0 Å². The van der Waals surface area contributed by atoms with E-state index in [-0.39, 0.29) is 11.9 Å². The molecule has 6 rings (SSSR count). The van der Waals surface area contributed by atoms with E-state index in [4.69, 9.17) is 9.47 Å². The molecule has 1 unspecified atom stereocenters. The zero-order valence-corrected chi connectivity index (χ0v) is 21.1. The zero-order chi connectivity index (χ0) is 26.1. The Morgan fingerprint density at radius 1 is 0.816 bits per heavy atom. The highest BCUT2D eigenvalue weighted by Gasteiger charge is 2.39. The van der Waals surface area contributed by atoms with Gasteiger partial charge in [-0.15, -0.1) is 0 Å². The number of rotatable bonds is 6. The molecule has 0 saturated carbocycles. The van der Waals surface area contributed by atoms with E-state index in [1.807, 2.05) is 104 Å². The van der Waals surface area contributed by atoms with Crippen LogP contribution in [0.1, 0.15) is 18.5 Å². The average Bonchev–Trinajstić information content (AvgIpc) is 3.32. The molecule has 1 atom stereocenters. The van der Waals surface area contributed by atoms with Crippen molar-refractivity contribution in [2.75, 3.05) is 17.7 Å². The van der Waals surface area contributed by atoms with E-state index in [0.29, 0.717) is 17.0 Å². The smallest absolute Gasteiger partial charge is 0.361 e. The number of imidazole rings is 1. The van der Waals surface area contributed by atoms with Crippen LogP contribution in [0.25, 0.3) is 11.0 Å². The van der Waals surface area contributed by atoms with Gasteiger partial charge in [-0.3, -0.25) is 4.79 Å². The number of aromatic nitrogens is 2. The number of fused-ring (bicyclic) bond motifs is 3. The van der Waals surface area contributed by atoms with Crippen molar-refractivity contribution in [2.24, 2.45) is 0 Å². The second-order valence-electron chi connectivity index (χ2n) is 9.09. The molecule has 188 valence electrons. The lowest BCUT2D eigenvalue weighted by molar-refractivity contribution is -0.666. The number of carbonyl (C=O) groups is 1. The third kappa shape index (κ3) is 4.35. The van der Waals surface area contributed by atoms with Gasteiger partial charge in [0, 0.05) is 5.69 Å². The SMILES string of the molecule is COc1ccc(C2C(C(=O)Nc3ccc(Oc4ccccc4)cc3)=C(C)Nc3[nH]c4ccccc4[n+]32)cc1. The summed E-state index contributed by atoms with van der Waals surface area (Å²) in [7, 11) is 1.64. The maximum absolute atomic E-state index is 13.8. The molecule has 1 aliphatic rings. The topological polar surface area (TPSA) is 79.3 Å². The summed E-state index contributed by atoms with van der Waals surface area (Å²) in [4.78, 5) is 17.3. The summed E-state index contributed by atoms with van der Waals surface area (Å²) in [5.74, 6) is 2.85. The molecule has 0 aliphatic carbocycles. The van der Waals surface area contributed by atoms with Crippen molar-refractivity contribution >= 4 is 28.6 Å². The number of methoxy groups -OCH3 is 1. The molecular weight excluding hydrogens is 476 g/mol. The number of hydrogen-bond donors (Lipinski definition) is 3. The predicted octanol–water partition coefficient (Wildman–Crippen LogP) is 6.18. The molecule has 7 heteroatoms. The van der Waals surface area contributed by atoms with E-state index in [2.05, 4.69) is 26.3 Å². The normalized spacial score (nSPS) is 14.5. The number of aromatic amines is 1. The summed E-state index contributed by atoms with van der Waals surface area (Å²) in [5.41, 5.74) is 5.03. The monoisotopic (exact) mass is 503 g/mol. The molecule has 0 spiro atoms. The Balaban J connectivity index is 1.34. The Kier molecular flexibility index (Phi) is 6.01. The number of ether oxygens (including phenoxy) is 2. The average molecular weight is 504 g/mol. The van der Waals surface area contributed by atoms with Crippen molar-refractivity contribution in [3.63, 3.8) is 0 Å². The summed E-state index contributed by atoms with van der Waals surface area (Å²) < 4.78 is 13.4. The number of benzene rings is 4. The van der Waals surface area contributed by atoms with E-state index in [1.165, 1.54) is 0 Å². The number of allylic oxidation sites excluding steroid dienone is 1. The Bertz CT molecular complexity index is 1640. The van der Waals surface area contributed by atoms with Crippen molar-refractivity contribution in [3.05, 3.63) is 120 Å². The molecule has 5 aromatic rings. The molecule has 4 aromatic carbocycles. The molecule has 7 nitrogen and oxygen atoms in total. The van der Waals surface area contributed by atoms with Gasteiger partial charge in [-0.25, -0.2) is 14.9 Å². The summed E-state index contributed by atoms with van der Waals surface area (Å²) in [5, 5.41) is 6.49. The van der Waals surface area contributed by atoms with Crippen molar-refractivity contribution in [2.45, 2.75) is 13.0 Å². The minimum Gasteiger partial charge on any atom is -0.497 e. The minimum absolute atomic E-state index is 0.184. The molecule has 0 saturated heterocycles. The Labute approximate surface area is 220 Å². The van der Waals surface area contributed by atoms with Crippen LogP contribution in [0.15, 0.2) is 114 Å². The molecule has 2 heterocycles. The fourth-order valence-electron chi connectivity index (χ4n) is 4.86. The van der Waals surface area contributed by atoms with E-state index in [1.54, 1.807) is 7.11 Å². The van der Waals surface area contributed by atoms with Crippen LogP contribution in [0.3, 0.4) is 0 Å². The summed E-state index contributed by atoms with van der Waals surface area (Å²) in [6, 6.07) is 32.5. The van der Waals surface area contributed by atoms with Gasteiger partial charge in [0.1, 0.15) is 34.3 Å². The number of nitrogens with zero attached hydrogens (tertiary/aromatic N) is 1. The standard InChI is InChI=1S/C31H26N4O3/c1-20-28(30(36)33-22-14-18-25(19-15-22)38-24-8-4-3-5-9-24)29(21-12-16-23(37-2)17-13-21)35-27-11-7-6-10-26(27)34-31(35)32-20/h3-19,29H,1-2H3,(H2,32,33,34,36)/p+1. The van der Waals surface area contributed by atoms with Crippen molar-refractivity contribution in [1.29, 1.82) is 0 Å². The molecule has 1 amide bonds. The van der Waals surface area contributed by atoms with Gasteiger partial charge in [-0.05, 0) is 73.2 Å². The summed E-state index contributed by atoms with van der Waals surface area (Å²) in [6.07, 6.45) is 0. The van der Waals surface area contributed by atoms with Crippen LogP contribution in [0.5, 0.6) is 17.2 Å². The Hall–Kier alpha value is -5.04. The van der Waals surface area contributed by atoms with Crippen LogP contribution >= 0.6 is 0 Å². The van der Waals surface area contributed by atoms with Gasteiger partial charge >= 0.3 is 5.95 Å². The Morgan fingerprint density at radius 3 is 2.21 bits per heavy atom. The van der Waals surface area contributed by atoms with Gasteiger partial charge in [-0.1, -0.05) is 42.5 Å². The number of carbonyl (C=O) groups excluding carboxylic acids is 1. The van der Waals surface area contributed by atoms with E-state index in [9.17, 15) is 4.79 Å². The number of nitrogens with one attached hydrogen (secondary N) is 3. The molecular formula is C31H27N4O3+. The number of para-hydroxylation sites is 3. The lowest BCUT2D eigenvalue weighted by Crippen LogP contribution is -2.48. The van der Waals surface area contributed by atoms with Gasteiger partial charge in [0.25, 0.3) is 5.91 Å². The van der Waals surface area contributed by atoms with E-state index in [0.717, 1.165) is 39.7 Å². The largest absolute Gasteiger partial charge is 0.497 e. The predicted molar refractivity (Wildman–Crippen MR) is 148 cm³/mol. The van der Waals surface area contributed by atoms with Crippen LogP contribution in [0.2, 0.25) is 0 Å². The summed E-state index contributed by atoms with van der Waals surface area (Å²) in [6.45, 7) is 1.93. The molecule has 1 aromatic heterocycles. The maximum atomic E-state index is 13.8. The van der Waals surface area contributed by atoms with Crippen LogP contribution < -0.4 is 24.7 Å². The highest BCUT2D eigenvalue weighted by atomic mass is 16.5. The lowest BCUT2D eigenvalue weighted by Gasteiger charge is -2.26. The molecule has 38 heavy (non-hydrogen) atoms. The van der Waals surface area contributed by atoms with Gasteiger partial charge < -0.3 is 14.8 Å². The van der Waals surface area contributed by atoms with Crippen LogP contribution in [0.4, 0.5) is 11.6 Å². The first-order chi connectivity index (χ1) is 18.6. The fourth-order valence-corrected chi connectivity index (χ4v) is 4.86. The summed E-state index contributed by atoms with van der Waals surface area (Å²) >= 11 is 0. The fraction of sp³-hybridized carbons (Fsp3) is 0.0968. The highest BCUT2D eigenvalue weighted by Crippen LogP contribution is 2.34. The van der Waals surface area contributed by atoms with E-state index < -0.39 is 0 Å².